The monoisotopic (exact) mass is 1820 g/mol. The van der Waals surface area contributed by atoms with Crippen LogP contribution < -0.4 is 38.5 Å². The van der Waals surface area contributed by atoms with E-state index in [4.69, 9.17) is 82.4 Å². The number of hydrogen-bond acceptors (Lipinski definition) is 19. The second-order valence-corrected chi connectivity index (χ2v) is 32.4. The fraction of sp³-hybridized carbons (Fsp3) is 0.298. The summed E-state index contributed by atoms with van der Waals surface area (Å²) in [6.07, 6.45) is 14.9. The fourth-order valence-corrected chi connectivity index (χ4v) is 16.2. The lowest BCUT2D eigenvalue weighted by Gasteiger charge is -2.24. The summed E-state index contributed by atoms with van der Waals surface area (Å²) in [6, 6.07) is 63.9. The van der Waals surface area contributed by atoms with Crippen molar-refractivity contribution in [1.82, 2.24) is 19.9 Å². The van der Waals surface area contributed by atoms with Crippen molar-refractivity contribution in [2.75, 3.05) is 85.2 Å². The predicted octanol–water partition coefficient (Wildman–Crippen LogP) is 20.0. The zero-order chi connectivity index (χ0) is 84.9. The van der Waals surface area contributed by atoms with Crippen molar-refractivity contribution in [2.24, 2.45) is 0 Å². The van der Waals surface area contributed by atoms with Crippen molar-refractivity contribution in [2.45, 2.75) is 115 Å². The molecule has 26 heteroatoms. The van der Waals surface area contributed by atoms with Crippen molar-refractivity contribution in [3.63, 3.8) is 0 Å². The standard InChI is InChI=1S/C26H26ClN3O2.C25H24ClN3O3.C18H20BrClN2O.C17H18BrClN2O2.C8H5NO/c1-2-5-19-15-21(25(31)20-7-3-6-18(14-20)16-28)9-10-24(19)30-13-11-22(17-30)32-26-23(27)8-4-12-29-26;26-22-5-2-10-28-25(22)32-21-8-11-29(16-21)23-7-6-20(14-18(23)9-12-30)24(31)19-4-1-3-17(13-19)15-27;1-2-4-13-11-14(19)6-7-17(13)22-10-8-15(12-22)23-18-16(20)5-3-9-21-18;18-13-3-4-16(12(10-13)6-9-22)21-8-5-14(11-21)23-17-15(19)2-1-7-20-17;1-9-8-4-2-3-7(5-8)6-10/h3-4,6-10,12,14-15,22,25,31H,2,5,11,13,17H2,1H3;1-7,10,13-14,21,24,30-31H,8-9,11-12,16H2;3,5-7,9,11,15H,2,4,8,10,12H2,1H3;1-4,7,10,14,22H,5-6,8-9,11H2;2-6H/t22-,25?;21-,24?;15-;14-;/m0000./s1. The molecule has 0 aliphatic carbocycles. The van der Waals surface area contributed by atoms with Crippen molar-refractivity contribution < 1.29 is 44.2 Å². The fourth-order valence-electron chi connectivity index (χ4n) is 14.7. The first-order chi connectivity index (χ1) is 58.4. The smallest absolute Gasteiger partial charge is 0.232 e. The van der Waals surface area contributed by atoms with Gasteiger partial charge < -0.3 is 59.0 Å². The van der Waals surface area contributed by atoms with Crippen LogP contribution in [0.5, 0.6) is 23.5 Å². The number of pyridine rings is 4. The van der Waals surface area contributed by atoms with Crippen molar-refractivity contribution in [3.05, 3.63) is 321 Å². The Labute approximate surface area is 738 Å². The van der Waals surface area contributed by atoms with Crippen LogP contribution >= 0.6 is 78.3 Å². The van der Waals surface area contributed by atoms with Gasteiger partial charge in [-0.15, -0.1) is 0 Å². The number of aryl methyl sites for hydroxylation is 2. The summed E-state index contributed by atoms with van der Waals surface area (Å²) in [5, 5.41) is 61.1. The highest BCUT2D eigenvalue weighted by Gasteiger charge is 2.32. The van der Waals surface area contributed by atoms with E-state index in [0.717, 1.165) is 152 Å². The van der Waals surface area contributed by atoms with Gasteiger partial charge in [0.2, 0.25) is 23.5 Å². The van der Waals surface area contributed by atoms with Crippen LogP contribution in [0.4, 0.5) is 28.4 Å². The first-order valence-corrected chi connectivity index (χ1v) is 42.9. The molecule has 7 aromatic carbocycles. The molecular formula is C94H93Br2Cl4N11O9. The van der Waals surface area contributed by atoms with Crippen LogP contribution in [-0.4, -0.2) is 137 Å². The molecule has 6 atom stereocenters. The third-order valence-electron chi connectivity index (χ3n) is 20.5. The quantitative estimate of drug-likeness (QED) is 0.0306. The molecule has 11 aromatic rings. The van der Waals surface area contributed by atoms with E-state index in [2.05, 4.69) is 145 Å². The van der Waals surface area contributed by atoms with E-state index in [1.165, 1.54) is 22.5 Å². The number of nitriles is 2. The van der Waals surface area contributed by atoms with Gasteiger partial charge in [0, 0.05) is 127 Å². The van der Waals surface area contributed by atoms with Crippen LogP contribution in [0, 0.1) is 29.2 Å². The Bertz CT molecular complexity index is 5070. The van der Waals surface area contributed by atoms with Crippen molar-refractivity contribution >= 4 is 113 Å². The Morgan fingerprint density at radius 3 is 1.10 bits per heavy atom. The summed E-state index contributed by atoms with van der Waals surface area (Å²) in [5.74, 6) is 1.94. The van der Waals surface area contributed by atoms with Crippen LogP contribution in [0.3, 0.4) is 0 Å². The molecule has 4 aliphatic heterocycles. The summed E-state index contributed by atoms with van der Waals surface area (Å²) < 4.78 is 26.1. The third-order valence-corrected chi connectivity index (χ3v) is 22.6. The maximum absolute atomic E-state index is 10.9. The molecule has 0 saturated carbocycles. The molecule has 0 amide bonds. The number of anilines is 4. The van der Waals surface area contributed by atoms with E-state index in [1.807, 2.05) is 48.5 Å². The topological polar surface area (TPSA) is 251 Å². The Morgan fingerprint density at radius 2 is 0.775 bits per heavy atom. The number of nitrogens with zero attached hydrogens (tertiary/aromatic N) is 11. The maximum Gasteiger partial charge on any atom is 0.232 e. The number of aldehydes is 1. The first-order valence-electron chi connectivity index (χ1n) is 39.8. The van der Waals surface area contributed by atoms with E-state index < -0.39 is 12.2 Å². The summed E-state index contributed by atoms with van der Waals surface area (Å²) in [5.41, 5.74) is 14.4. The summed E-state index contributed by atoms with van der Waals surface area (Å²) in [6.45, 7) is 17.8. The first kappa shape index (κ1) is 90.4. The highest BCUT2D eigenvalue weighted by atomic mass is 79.9. The molecule has 620 valence electrons. The Kier molecular flexibility index (Phi) is 34.6. The molecule has 4 saturated heterocycles. The van der Waals surface area contributed by atoms with Gasteiger partial charge in [0.15, 0.2) is 5.69 Å². The van der Waals surface area contributed by atoms with E-state index in [9.17, 15) is 25.2 Å². The zero-order valence-corrected chi connectivity index (χ0v) is 72.7. The number of aromatic nitrogens is 4. The second-order valence-electron chi connectivity index (χ2n) is 28.9. The minimum absolute atomic E-state index is 0.00772. The normalized spacial score (nSPS) is 16.2. The summed E-state index contributed by atoms with van der Waals surface area (Å²) in [4.78, 5) is 39.4. The molecule has 4 N–H and O–H groups in total. The molecule has 20 nitrogen and oxygen atoms in total. The lowest BCUT2D eigenvalue weighted by molar-refractivity contribution is 0.112. The van der Waals surface area contributed by atoms with Crippen molar-refractivity contribution in [1.29, 1.82) is 10.5 Å². The number of carbonyl (C=O) groups excluding carboxylic acids is 1. The minimum Gasteiger partial charge on any atom is -0.471 e. The van der Waals surface area contributed by atoms with Crippen LogP contribution in [-0.2, 0) is 25.7 Å². The lowest BCUT2D eigenvalue weighted by atomic mass is 9.96. The molecule has 4 fully saturated rings. The van der Waals surface area contributed by atoms with Crippen LogP contribution in [0.15, 0.2) is 228 Å². The number of carbonyl (C=O) groups is 1. The van der Waals surface area contributed by atoms with E-state index in [1.54, 1.807) is 128 Å². The number of hydrogen-bond donors (Lipinski definition) is 4. The van der Waals surface area contributed by atoms with Crippen molar-refractivity contribution in [3.8, 4) is 35.7 Å². The van der Waals surface area contributed by atoms with Gasteiger partial charge in [-0.3, -0.25) is 4.79 Å². The molecule has 0 bridgehead atoms. The largest absolute Gasteiger partial charge is 0.471 e. The van der Waals surface area contributed by atoms with E-state index in [0.29, 0.717) is 90.9 Å². The molecule has 4 aliphatic rings. The number of halogens is 6. The number of aliphatic hydroxyl groups is 4. The number of benzene rings is 7. The highest BCUT2D eigenvalue weighted by Crippen LogP contribution is 2.38. The van der Waals surface area contributed by atoms with E-state index in [-0.39, 0.29) is 37.6 Å². The van der Waals surface area contributed by atoms with Gasteiger partial charge in [0.1, 0.15) is 63.0 Å². The molecule has 8 heterocycles. The van der Waals surface area contributed by atoms with Crippen LogP contribution in [0.2, 0.25) is 20.1 Å². The van der Waals surface area contributed by atoms with Crippen LogP contribution in [0.1, 0.15) is 131 Å². The zero-order valence-electron chi connectivity index (χ0n) is 66.5. The van der Waals surface area contributed by atoms with Crippen LogP contribution in [0.25, 0.3) is 4.85 Å². The number of aliphatic hydroxyl groups excluding tert-OH is 4. The molecule has 4 aromatic heterocycles. The molecule has 0 radical (unpaired) electrons. The summed E-state index contributed by atoms with van der Waals surface area (Å²) in [7, 11) is 0. The molecule has 120 heavy (non-hydrogen) atoms. The highest BCUT2D eigenvalue weighted by molar-refractivity contribution is 9.10. The van der Waals surface area contributed by atoms with Gasteiger partial charge in [-0.05, 0) is 198 Å². The van der Waals surface area contributed by atoms with Gasteiger partial charge in [-0.25, -0.2) is 24.8 Å². The number of rotatable bonds is 25. The Hall–Kier alpha value is -10.4. The van der Waals surface area contributed by atoms with Gasteiger partial charge in [0.25, 0.3) is 0 Å². The van der Waals surface area contributed by atoms with Gasteiger partial charge in [-0.2, -0.15) is 10.5 Å². The van der Waals surface area contributed by atoms with E-state index >= 15 is 0 Å². The SMILES string of the molecule is CCCc1cc(Br)ccc1N1CC[C@H](Oc2ncccc2Cl)C1.CCCc1cc(C(O)c2cccc(C#N)c2)ccc1N1CC[C@H](Oc2ncccc2Cl)C1.N#Cc1cccc(C(O)c2ccc(N3CC[C@H](Oc4ncccc4Cl)C3)c(CCO)c2)c1.OCCc1cc(Br)ccc1N1CC[C@H](Oc2ncccc2Cl)C1.[C-]#[N+]c1cccc(C=O)c1. The molecule has 15 rings (SSSR count). The molecule has 2 unspecified atom stereocenters. The van der Waals surface area contributed by atoms with Gasteiger partial charge in [-0.1, -0.05) is 172 Å². The minimum atomic E-state index is -0.851. The third kappa shape index (κ3) is 25.4. The average Bonchev–Trinajstić information content (AvgIpc) is 1.44. The molecule has 0 spiro atoms. The maximum atomic E-state index is 10.9. The second kappa shape index (κ2) is 45.9. The Balaban J connectivity index is 0.000000152. The Morgan fingerprint density at radius 1 is 0.450 bits per heavy atom. The van der Waals surface area contributed by atoms with Gasteiger partial charge in [0.05, 0.1) is 56.0 Å². The predicted molar refractivity (Wildman–Crippen MR) is 481 cm³/mol. The van der Waals surface area contributed by atoms with Gasteiger partial charge >= 0.3 is 0 Å². The lowest BCUT2D eigenvalue weighted by Crippen LogP contribution is -2.26. The molecular weight excluding hydrogens is 1730 g/mol. The number of ether oxygens (including phenoxy) is 4. The summed E-state index contributed by atoms with van der Waals surface area (Å²) >= 11 is 31.7. The average molecular weight is 1820 g/mol.